The highest BCUT2D eigenvalue weighted by atomic mass is 19.4. The Labute approximate surface area is 72.4 Å². The van der Waals surface area contributed by atoms with E-state index in [2.05, 4.69) is 0 Å². The molecule has 0 aliphatic rings. The standard InChI is InChI=1S/C8H6F3NO/c9-8(10,11)12-7-3-1-6(5-13)2-4-7/h1-5,12H. The predicted molar refractivity (Wildman–Crippen MR) is 41.5 cm³/mol. The predicted octanol–water partition coefficient (Wildman–Crippen LogP) is 2.43. The lowest BCUT2D eigenvalue weighted by molar-refractivity contribution is -0.0999. The quantitative estimate of drug-likeness (QED) is 0.571. The lowest BCUT2D eigenvalue weighted by atomic mass is 10.2. The highest BCUT2D eigenvalue weighted by molar-refractivity contribution is 5.75. The number of carbonyl (C=O) groups is 1. The van der Waals surface area contributed by atoms with Gasteiger partial charge in [0.25, 0.3) is 0 Å². The largest absolute Gasteiger partial charge is 0.482 e. The molecular weight excluding hydrogens is 183 g/mol. The minimum atomic E-state index is -4.44. The minimum Gasteiger partial charge on any atom is -0.298 e. The van der Waals surface area contributed by atoms with E-state index in [1.165, 1.54) is 29.6 Å². The summed E-state index contributed by atoms with van der Waals surface area (Å²) in [5.74, 6) is 0. The Bertz CT molecular complexity index is 291. The molecule has 13 heavy (non-hydrogen) atoms. The van der Waals surface area contributed by atoms with Crippen molar-refractivity contribution in [3.8, 4) is 0 Å². The third-order valence-corrected chi connectivity index (χ3v) is 1.33. The van der Waals surface area contributed by atoms with Gasteiger partial charge in [-0.15, -0.1) is 0 Å². The molecule has 0 aromatic heterocycles. The maximum absolute atomic E-state index is 11.7. The molecule has 1 aromatic rings. The fourth-order valence-corrected chi connectivity index (χ4v) is 0.809. The molecule has 0 fully saturated rings. The lowest BCUT2D eigenvalue weighted by Gasteiger charge is -2.09. The zero-order chi connectivity index (χ0) is 9.90. The molecule has 0 radical (unpaired) electrons. The molecule has 0 unspecified atom stereocenters. The monoisotopic (exact) mass is 189 g/mol. The van der Waals surface area contributed by atoms with Crippen molar-refractivity contribution in [2.24, 2.45) is 0 Å². The van der Waals surface area contributed by atoms with E-state index in [0.29, 0.717) is 11.8 Å². The van der Waals surface area contributed by atoms with E-state index in [1.807, 2.05) is 0 Å². The number of nitrogens with one attached hydrogen (secondary N) is 1. The Hall–Kier alpha value is -1.52. The molecule has 5 heteroatoms. The zero-order valence-corrected chi connectivity index (χ0v) is 6.43. The van der Waals surface area contributed by atoms with Crippen molar-refractivity contribution in [1.29, 1.82) is 0 Å². The van der Waals surface area contributed by atoms with Crippen molar-refractivity contribution < 1.29 is 18.0 Å². The first-order chi connectivity index (χ1) is 6.01. The fraction of sp³-hybridized carbons (Fsp3) is 0.125. The number of anilines is 1. The van der Waals surface area contributed by atoms with Gasteiger partial charge in [0.1, 0.15) is 6.29 Å². The third-order valence-electron chi connectivity index (χ3n) is 1.33. The minimum absolute atomic E-state index is 0.0851. The number of carbonyl (C=O) groups excluding carboxylic acids is 1. The number of halogens is 3. The Morgan fingerprint density at radius 1 is 1.15 bits per heavy atom. The summed E-state index contributed by atoms with van der Waals surface area (Å²) < 4.78 is 35.2. The molecule has 0 heterocycles. The smallest absolute Gasteiger partial charge is 0.298 e. The second-order valence-corrected chi connectivity index (χ2v) is 2.36. The highest BCUT2D eigenvalue weighted by Crippen LogP contribution is 2.19. The van der Waals surface area contributed by atoms with Crippen LogP contribution in [0.2, 0.25) is 0 Å². The van der Waals surface area contributed by atoms with Gasteiger partial charge in [0.05, 0.1) is 0 Å². The van der Waals surface area contributed by atoms with E-state index >= 15 is 0 Å². The number of hydrogen-bond donors (Lipinski definition) is 1. The van der Waals surface area contributed by atoms with Gasteiger partial charge in [0.2, 0.25) is 0 Å². The Kier molecular flexibility index (Phi) is 2.55. The summed E-state index contributed by atoms with van der Waals surface area (Å²) in [4.78, 5) is 10.2. The molecule has 0 aliphatic carbocycles. The van der Waals surface area contributed by atoms with Crippen molar-refractivity contribution >= 4 is 12.0 Å². The molecule has 0 aliphatic heterocycles. The molecule has 0 amide bonds. The molecule has 0 saturated heterocycles. The fourth-order valence-electron chi connectivity index (χ4n) is 0.809. The second-order valence-electron chi connectivity index (χ2n) is 2.36. The molecule has 0 atom stereocenters. The van der Waals surface area contributed by atoms with Crippen LogP contribution in [0.15, 0.2) is 24.3 Å². The van der Waals surface area contributed by atoms with Crippen molar-refractivity contribution in [3.63, 3.8) is 0 Å². The van der Waals surface area contributed by atoms with Crippen LogP contribution in [0.1, 0.15) is 10.4 Å². The van der Waals surface area contributed by atoms with Gasteiger partial charge in [0.15, 0.2) is 0 Å². The van der Waals surface area contributed by atoms with Crippen LogP contribution in [0.25, 0.3) is 0 Å². The summed E-state index contributed by atoms with van der Waals surface area (Å²) >= 11 is 0. The number of hydrogen-bond acceptors (Lipinski definition) is 2. The summed E-state index contributed by atoms with van der Waals surface area (Å²) in [5.41, 5.74) is 0.255. The molecule has 1 N–H and O–H groups in total. The molecule has 0 bridgehead atoms. The molecule has 70 valence electrons. The van der Waals surface area contributed by atoms with Crippen LogP contribution >= 0.6 is 0 Å². The first-order valence-electron chi connectivity index (χ1n) is 3.41. The van der Waals surface area contributed by atoms with Gasteiger partial charge in [-0.25, -0.2) is 0 Å². The van der Waals surface area contributed by atoms with E-state index in [1.54, 1.807) is 0 Å². The van der Waals surface area contributed by atoms with E-state index in [4.69, 9.17) is 0 Å². The summed E-state index contributed by atoms with van der Waals surface area (Å²) in [6.45, 7) is 0. The van der Waals surface area contributed by atoms with E-state index < -0.39 is 6.30 Å². The van der Waals surface area contributed by atoms with Crippen LogP contribution in [-0.2, 0) is 0 Å². The first-order valence-corrected chi connectivity index (χ1v) is 3.41. The van der Waals surface area contributed by atoms with Crippen LogP contribution in [0, 0.1) is 0 Å². The van der Waals surface area contributed by atoms with Crippen LogP contribution in [0.4, 0.5) is 18.9 Å². The Morgan fingerprint density at radius 2 is 1.69 bits per heavy atom. The zero-order valence-electron chi connectivity index (χ0n) is 6.43. The van der Waals surface area contributed by atoms with Crippen molar-refractivity contribution in [1.82, 2.24) is 0 Å². The van der Waals surface area contributed by atoms with Crippen LogP contribution in [0.3, 0.4) is 0 Å². The molecule has 1 aromatic carbocycles. The summed E-state index contributed by atoms with van der Waals surface area (Å²) in [5, 5.41) is 1.32. The number of rotatable bonds is 2. The average Bonchev–Trinajstić information content (AvgIpc) is 2.03. The van der Waals surface area contributed by atoms with Crippen molar-refractivity contribution in [2.75, 3.05) is 5.32 Å². The van der Waals surface area contributed by atoms with E-state index in [0.717, 1.165) is 0 Å². The maximum Gasteiger partial charge on any atom is 0.482 e. The van der Waals surface area contributed by atoms with Gasteiger partial charge in [-0.05, 0) is 24.3 Å². The molecular formula is C8H6F3NO. The van der Waals surface area contributed by atoms with Gasteiger partial charge in [-0.1, -0.05) is 0 Å². The van der Waals surface area contributed by atoms with Crippen LogP contribution in [-0.4, -0.2) is 12.6 Å². The van der Waals surface area contributed by atoms with Gasteiger partial charge < -0.3 is 0 Å². The Balaban J connectivity index is 2.75. The maximum atomic E-state index is 11.7. The van der Waals surface area contributed by atoms with Crippen molar-refractivity contribution in [2.45, 2.75) is 6.30 Å². The Morgan fingerprint density at radius 3 is 2.08 bits per heavy atom. The molecule has 0 saturated carbocycles. The SMILES string of the molecule is O=Cc1ccc(NC(F)(F)F)cc1. The lowest BCUT2D eigenvalue weighted by Crippen LogP contribution is -2.20. The van der Waals surface area contributed by atoms with Gasteiger partial charge in [-0.3, -0.25) is 10.1 Å². The molecule has 1 rings (SSSR count). The van der Waals surface area contributed by atoms with Gasteiger partial charge >= 0.3 is 6.30 Å². The van der Waals surface area contributed by atoms with Crippen LogP contribution < -0.4 is 5.32 Å². The highest BCUT2D eigenvalue weighted by Gasteiger charge is 2.26. The van der Waals surface area contributed by atoms with E-state index in [9.17, 15) is 18.0 Å². The topological polar surface area (TPSA) is 29.1 Å². The van der Waals surface area contributed by atoms with Crippen molar-refractivity contribution in [3.05, 3.63) is 29.8 Å². The summed E-state index contributed by atoms with van der Waals surface area (Å²) in [7, 11) is 0. The van der Waals surface area contributed by atoms with Crippen LogP contribution in [0.5, 0.6) is 0 Å². The number of benzene rings is 1. The van der Waals surface area contributed by atoms with Gasteiger partial charge in [-0.2, -0.15) is 13.2 Å². The normalized spacial score (nSPS) is 11.0. The molecule has 0 spiro atoms. The first kappa shape index (κ1) is 9.57. The van der Waals surface area contributed by atoms with Gasteiger partial charge in [0, 0.05) is 11.3 Å². The summed E-state index contributed by atoms with van der Waals surface area (Å²) in [6, 6.07) is 5.00. The number of alkyl halides is 3. The van der Waals surface area contributed by atoms with E-state index in [-0.39, 0.29) is 5.69 Å². The average molecular weight is 189 g/mol. The molecule has 2 nitrogen and oxygen atoms in total. The second kappa shape index (κ2) is 3.47. The third kappa shape index (κ3) is 3.14. The number of aldehydes is 1. The summed E-state index contributed by atoms with van der Waals surface area (Å²) in [6.07, 6.45) is -3.87.